The average Bonchev–Trinajstić information content (AvgIpc) is 2.35. The molecular weight excluding hydrogens is 279 g/mol. The zero-order chi connectivity index (χ0) is 15.4. The molecule has 2 N–H and O–H groups in total. The minimum Gasteiger partial charge on any atom is -0.479 e. The van der Waals surface area contributed by atoms with Crippen LogP contribution in [0.4, 0.5) is 19.0 Å². The van der Waals surface area contributed by atoms with Crippen LogP contribution in [0.5, 0.6) is 5.88 Å². The summed E-state index contributed by atoms with van der Waals surface area (Å²) < 4.78 is 43.6. The lowest BCUT2D eigenvalue weighted by Gasteiger charge is -2.28. The van der Waals surface area contributed by atoms with E-state index in [1.165, 1.54) is 0 Å². The summed E-state index contributed by atoms with van der Waals surface area (Å²) in [5.41, 5.74) is -3.15. The van der Waals surface area contributed by atoms with Gasteiger partial charge in [-0.3, -0.25) is 0 Å². The standard InChI is InChI=1S/C11H14F3N3O3/c1-3-4-20-8-5-7(15-6-16-8)17-10(2,9(18)19)11(12,13)14/h5-6H,3-4H2,1-2H3,(H,18,19)(H,15,16,17). The van der Waals surface area contributed by atoms with Gasteiger partial charge >= 0.3 is 12.1 Å². The number of rotatable bonds is 6. The lowest BCUT2D eigenvalue weighted by atomic mass is 10.0. The number of hydrogen-bond acceptors (Lipinski definition) is 5. The average molecular weight is 293 g/mol. The molecule has 1 atom stereocenters. The van der Waals surface area contributed by atoms with Crippen LogP contribution in [0, 0.1) is 0 Å². The monoisotopic (exact) mass is 293 g/mol. The van der Waals surface area contributed by atoms with E-state index in [-0.39, 0.29) is 11.7 Å². The van der Waals surface area contributed by atoms with E-state index in [0.29, 0.717) is 20.0 Å². The third kappa shape index (κ3) is 3.49. The predicted octanol–water partition coefficient (Wildman–Crippen LogP) is 2.08. The summed E-state index contributed by atoms with van der Waals surface area (Å²) in [6.07, 6.45) is -3.30. The summed E-state index contributed by atoms with van der Waals surface area (Å²) in [6.45, 7) is 2.71. The summed E-state index contributed by atoms with van der Waals surface area (Å²) in [5.74, 6) is -2.27. The normalized spacial score (nSPS) is 14.4. The molecule has 9 heteroatoms. The quantitative estimate of drug-likeness (QED) is 0.835. The summed E-state index contributed by atoms with van der Waals surface area (Å²) in [4.78, 5) is 18.1. The molecule has 0 spiro atoms. The Bertz CT molecular complexity index is 481. The number of aromatic nitrogens is 2. The summed E-state index contributed by atoms with van der Waals surface area (Å²) in [7, 11) is 0. The molecule has 0 aliphatic rings. The summed E-state index contributed by atoms with van der Waals surface area (Å²) in [5, 5.41) is 10.6. The molecule has 1 aromatic heterocycles. The zero-order valence-corrected chi connectivity index (χ0v) is 10.9. The van der Waals surface area contributed by atoms with Gasteiger partial charge in [-0.15, -0.1) is 0 Å². The highest BCUT2D eigenvalue weighted by atomic mass is 19.4. The molecule has 20 heavy (non-hydrogen) atoms. The Hall–Kier alpha value is -2.06. The van der Waals surface area contributed by atoms with Crippen molar-refractivity contribution in [2.75, 3.05) is 11.9 Å². The number of aliphatic carboxylic acids is 1. The fourth-order valence-electron chi connectivity index (χ4n) is 1.20. The summed E-state index contributed by atoms with van der Waals surface area (Å²) in [6, 6.07) is 1.11. The van der Waals surface area contributed by atoms with Gasteiger partial charge < -0.3 is 15.2 Å². The molecule has 0 saturated carbocycles. The Morgan fingerprint density at radius 3 is 2.60 bits per heavy atom. The molecule has 1 heterocycles. The minimum atomic E-state index is -4.99. The van der Waals surface area contributed by atoms with E-state index < -0.39 is 17.7 Å². The highest BCUT2D eigenvalue weighted by Crippen LogP contribution is 2.33. The van der Waals surface area contributed by atoms with Crippen molar-refractivity contribution in [1.29, 1.82) is 0 Å². The maximum Gasteiger partial charge on any atom is 0.422 e. The van der Waals surface area contributed by atoms with Gasteiger partial charge in [-0.2, -0.15) is 13.2 Å². The van der Waals surface area contributed by atoms with E-state index in [0.717, 1.165) is 12.4 Å². The molecule has 0 amide bonds. The molecule has 0 aromatic carbocycles. The van der Waals surface area contributed by atoms with E-state index in [4.69, 9.17) is 9.84 Å². The van der Waals surface area contributed by atoms with E-state index in [1.807, 2.05) is 12.2 Å². The first kappa shape index (κ1) is 16.0. The number of nitrogens with zero attached hydrogens (tertiary/aromatic N) is 2. The molecule has 0 bridgehead atoms. The number of anilines is 1. The lowest BCUT2D eigenvalue weighted by Crippen LogP contribution is -2.55. The van der Waals surface area contributed by atoms with Crippen LogP contribution in [0.15, 0.2) is 12.4 Å². The van der Waals surface area contributed by atoms with Crippen molar-refractivity contribution in [1.82, 2.24) is 9.97 Å². The van der Waals surface area contributed by atoms with Crippen LogP contribution in [-0.4, -0.2) is 39.4 Å². The number of alkyl halides is 3. The molecule has 0 aliphatic heterocycles. The SMILES string of the molecule is CCCOc1cc(NC(C)(C(=O)O)C(F)(F)F)ncn1. The zero-order valence-electron chi connectivity index (χ0n) is 10.9. The third-order valence-corrected chi connectivity index (χ3v) is 2.47. The molecule has 1 rings (SSSR count). The van der Waals surface area contributed by atoms with Gasteiger partial charge in [-0.25, -0.2) is 14.8 Å². The number of nitrogens with one attached hydrogen (secondary N) is 1. The molecule has 6 nitrogen and oxygen atoms in total. The van der Waals surface area contributed by atoms with Gasteiger partial charge in [-0.1, -0.05) is 6.92 Å². The fraction of sp³-hybridized carbons (Fsp3) is 0.545. The molecule has 0 radical (unpaired) electrons. The van der Waals surface area contributed by atoms with E-state index in [2.05, 4.69) is 9.97 Å². The van der Waals surface area contributed by atoms with Crippen LogP contribution >= 0.6 is 0 Å². The van der Waals surface area contributed by atoms with Crippen LogP contribution in [-0.2, 0) is 4.79 Å². The molecule has 1 aromatic rings. The van der Waals surface area contributed by atoms with Crippen LogP contribution < -0.4 is 10.1 Å². The van der Waals surface area contributed by atoms with Crippen molar-refractivity contribution in [2.24, 2.45) is 0 Å². The van der Waals surface area contributed by atoms with Gasteiger partial charge in [0, 0.05) is 6.07 Å². The first-order valence-corrected chi connectivity index (χ1v) is 5.74. The molecule has 1 unspecified atom stereocenters. The number of halogens is 3. The van der Waals surface area contributed by atoms with Crippen molar-refractivity contribution < 1.29 is 27.8 Å². The predicted molar refractivity (Wildman–Crippen MR) is 63.5 cm³/mol. The number of carboxylic acid groups (broad SMARTS) is 1. The van der Waals surface area contributed by atoms with Gasteiger partial charge in [0.25, 0.3) is 0 Å². The van der Waals surface area contributed by atoms with Gasteiger partial charge in [-0.05, 0) is 13.3 Å². The number of carboxylic acids is 1. The van der Waals surface area contributed by atoms with E-state index >= 15 is 0 Å². The van der Waals surface area contributed by atoms with E-state index in [9.17, 15) is 18.0 Å². The number of carbonyl (C=O) groups is 1. The lowest BCUT2D eigenvalue weighted by molar-refractivity contribution is -0.192. The Morgan fingerprint density at radius 1 is 1.45 bits per heavy atom. The first-order valence-electron chi connectivity index (χ1n) is 5.74. The largest absolute Gasteiger partial charge is 0.479 e. The van der Waals surface area contributed by atoms with Crippen molar-refractivity contribution in [3.05, 3.63) is 12.4 Å². The highest BCUT2D eigenvalue weighted by molar-refractivity contribution is 5.83. The fourth-order valence-corrected chi connectivity index (χ4v) is 1.20. The van der Waals surface area contributed by atoms with Crippen molar-refractivity contribution in [2.45, 2.75) is 32.0 Å². The van der Waals surface area contributed by atoms with Crippen LogP contribution in [0.3, 0.4) is 0 Å². The molecule has 112 valence electrons. The first-order chi connectivity index (χ1) is 9.20. The van der Waals surface area contributed by atoms with Crippen LogP contribution in [0.1, 0.15) is 20.3 Å². The van der Waals surface area contributed by atoms with Crippen LogP contribution in [0.2, 0.25) is 0 Å². The topological polar surface area (TPSA) is 84.3 Å². The second kappa shape index (κ2) is 5.93. The van der Waals surface area contributed by atoms with Crippen molar-refractivity contribution in [3.63, 3.8) is 0 Å². The third-order valence-electron chi connectivity index (χ3n) is 2.47. The Balaban J connectivity index is 2.98. The Morgan fingerprint density at radius 2 is 2.10 bits per heavy atom. The molecular formula is C11H14F3N3O3. The smallest absolute Gasteiger partial charge is 0.422 e. The molecule has 0 aliphatic carbocycles. The number of hydrogen-bond donors (Lipinski definition) is 2. The molecule has 0 saturated heterocycles. The second-order valence-electron chi connectivity index (χ2n) is 4.14. The molecule has 0 fully saturated rings. The minimum absolute atomic E-state index is 0.0688. The van der Waals surface area contributed by atoms with E-state index in [1.54, 1.807) is 0 Å². The second-order valence-corrected chi connectivity index (χ2v) is 4.14. The van der Waals surface area contributed by atoms with Crippen molar-refractivity contribution in [3.8, 4) is 5.88 Å². The maximum atomic E-state index is 12.8. The van der Waals surface area contributed by atoms with Crippen molar-refractivity contribution >= 4 is 11.8 Å². The Kier molecular flexibility index (Phi) is 4.74. The van der Waals surface area contributed by atoms with Gasteiger partial charge in [0.1, 0.15) is 12.1 Å². The summed E-state index contributed by atoms with van der Waals surface area (Å²) >= 11 is 0. The Labute approximate surface area is 113 Å². The van der Waals surface area contributed by atoms with Gasteiger partial charge in [0.15, 0.2) is 0 Å². The van der Waals surface area contributed by atoms with Gasteiger partial charge in [0.05, 0.1) is 6.61 Å². The highest BCUT2D eigenvalue weighted by Gasteiger charge is 2.57. The van der Waals surface area contributed by atoms with Crippen LogP contribution in [0.25, 0.3) is 0 Å². The number of ether oxygens (including phenoxy) is 1. The van der Waals surface area contributed by atoms with Gasteiger partial charge in [0.2, 0.25) is 11.4 Å². The maximum absolute atomic E-state index is 12.8.